The molecular weight excluding hydrogens is 442 g/mol. The fourth-order valence-electron chi connectivity index (χ4n) is 4.04. The van der Waals surface area contributed by atoms with E-state index in [9.17, 15) is 0 Å². The van der Waals surface area contributed by atoms with Gasteiger partial charge in [0.15, 0.2) is 11.9 Å². The molecule has 6 nitrogen and oxygen atoms in total. The summed E-state index contributed by atoms with van der Waals surface area (Å²) in [5.41, 5.74) is 6.03. The van der Waals surface area contributed by atoms with Crippen molar-refractivity contribution in [2.24, 2.45) is 0 Å². The lowest BCUT2D eigenvalue weighted by Gasteiger charge is -2.25. The molecule has 1 aromatic heterocycles. The van der Waals surface area contributed by atoms with E-state index in [1.807, 2.05) is 24.3 Å². The summed E-state index contributed by atoms with van der Waals surface area (Å²) in [5.74, 6) is 1.37. The number of aromatic nitrogens is 3. The van der Waals surface area contributed by atoms with Crippen molar-refractivity contribution in [1.82, 2.24) is 15.2 Å². The van der Waals surface area contributed by atoms with E-state index in [0.717, 1.165) is 35.7 Å². The van der Waals surface area contributed by atoms with E-state index < -0.39 is 6.23 Å². The first kappa shape index (κ1) is 22.2. The van der Waals surface area contributed by atoms with Gasteiger partial charge in [-0.05, 0) is 36.4 Å². The van der Waals surface area contributed by atoms with Crippen LogP contribution in [0.5, 0.6) is 5.88 Å². The molecule has 2 heterocycles. The number of thioether (sulfide) groups is 1. The highest BCUT2D eigenvalue weighted by atomic mass is 32.2. The Labute approximate surface area is 204 Å². The van der Waals surface area contributed by atoms with E-state index in [4.69, 9.17) is 4.74 Å². The fraction of sp³-hybridized carbons (Fsp3) is 0.222. The highest BCUT2D eigenvalue weighted by molar-refractivity contribution is 7.99. The smallest absolute Gasteiger partial charge is 0.247 e. The Morgan fingerprint density at radius 3 is 2.44 bits per heavy atom. The van der Waals surface area contributed by atoms with Gasteiger partial charge < -0.3 is 15.0 Å². The third-order valence-electron chi connectivity index (χ3n) is 5.77. The summed E-state index contributed by atoms with van der Waals surface area (Å²) in [6.07, 6.45) is -0.392. The summed E-state index contributed by atoms with van der Waals surface area (Å²) in [4.78, 5) is 7.02. The van der Waals surface area contributed by atoms with Crippen LogP contribution >= 0.6 is 11.8 Å². The van der Waals surface area contributed by atoms with Crippen molar-refractivity contribution in [3.05, 3.63) is 90.0 Å². The summed E-state index contributed by atoms with van der Waals surface area (Å²) in [5, 5.41) is 12.9. The topological polar surface area (TPSA) is 63.2 Å². The van der Waals surface area contributed by atoms with Crippen LogP contribution in [0.25, 0.3) is 11.3 Å². The molecule has 34 heavy (non-hydrogen) atoms. The molecule has 3 aromatic carbocycles. The number of hydrogen-bond acceptors (Lipinski definition) is 7. The monoisotopic (exact) mass is 469 g/mol. The molecule has 0 spiro atoms. The number of benzene rings is 3. The van der Waals surface area contributed by atoms with Gasteiger partial charge in [-0.15, -0.1) is 10.2 Å². The number of fused-ring (bicyclic) bond motifs is 3. The molecule has 1 aliphatic rings. The third kappa shape index (κ3) is 4.70. The molecule has 5 rings (SSSR count). The molecule has 4 aromatic rings. The van der Waals surface area contributed by atoms with Crippen LogP contribution in [0.2, 0.25) is 0 Å². The van der Waals surface area contributed by atoms with Crippen molar-refractivity contribution in [3.63, 3.8) is 0 Å². The van der Waals surface area contributed by atoms with Gasteiger partial charge in [0.1, 0.15) is 0 Å². The van der Waals surface area contributed by atoms with Crippen LogP contribution in [-0.4, -0.2) is 27.5 Å². The van der Waals surface area contributed by atoms with Gasteiger partial charge in [0.25, 0.3) is 0 Å². The molecule has 1 atom stereocenters. The molecular formula is C27H27N5OS. The van der Waals surface area contributed by atoms with Crippen LogP contribution in [0, 0.1) is 0 Å². The molecule has 172 valence electrons. The van der Waals surface area contributed by atoms with Gasteiger partial charge in [-0.2, -0.15) is 4.98 Å². The minimum atomic E-state index is -0.392. The Hall–Kier alpha value is -3.58. The Balaban J connectivity index is 1.44. The molecule has 1 aliphatic heterocycles. The van der Waals surface area contributed by atoms with Gasteiger partial charge in [-0.25, -0.2) is 0 Å². The molecule has 0 radical (unpaired) electrons. The third-order valence-corrected chi connectivity index (χ3v) is 6.49. The number of nitrogens with zero attached hydrogens (tertiary/aromatic N) is 4. The van der Waals surface area contributed by atoms with Crippen LogP contribution < -0.4 is 15.0 Å². The van der Waals surface area contributed by atoms with E-state index in [2.05, 4.69) is 93.8 Å². The first-order chi connectivity index (χ1) is 16.7. The summed E-state index contributed by atoms with van der Waals surface area (Å²) >= 11 is 1.55. The molecule has 0 amide bonds. The second kappa shape index (κ2) is 10.1. The molecule has 7 heteroatoms. The number of nitrogens with one attached hydrogen (secondary N) is 1. The number of rotatable bonds is 7. The lowest BCUT2D eigenvalue weighted by atomic mass is 10.1. The van der Waals surface area contributed by atoms with Crippen molar-refractivity contribution < 1.29 is 4.74 Å². The van der Waals surface area contributed by atoms with E-state index in [1.54, 1.807) is 11.8 Å². The van der Waals surface area contributed by atoms with Crippen LogP contribution in [-0.2, 0) is 6.54 Å². The van der Waals surface area contributed by atoms with Gasteiger partial charge in [-0.3, -0.25) is 0 Å². The molecule has 0 bridgehead atoms. The average molecular weight is 470 g/mol. The lowest BCUT2D eigenvalue weighted by Crippen LogP contribution is -2.22. The van der Waals surface area contributed by atoms with E-state index in [0.29, 0.717) is 16.7 Å². The molecule has 0 fully saturated rings. The SMILES string of the molecule is CCSc1nnc2c(n1)OC(c1ccc(N(CC)Cc3ccccc3)cc1)Nc1ccccc1-2. The van der Waals surface area contributed by atoms with Gasteiger partial charge in [0.2, 0.25) is 11.0 Å². The van der Waals surface area contributed by atoms with Crippen LogP contribution in [0.3, 0.4) is 0 Å². The first-order valence-corrected chi connectivity index (χ1v) is 12.5. The minimum Gasteiger partial charge on any atom is -0.448 e. The van der Waals surface area contributed by atoms with Gasteiger partial charge in [-0.1, -0.05) is 79.3 Å². The molecule has 1 N–H and O–H groups in total. The minimum absolute atomic E-state index is 0.392. The van der Waals surface area contributed by atoms with Crippen LogP contribution in [0.1, 0.15) is 31.2 Å². The van der Waals surface area contributed by atoms with E-state index >= 15 is 0 Å². The molecule has 0 saturated carbocycles. The lowest BCUT2D eigenvalue weighted by molar-refractivity contribution is 0.225. The van der Waals surface area contributed by atoms with Crippen LogP contribution in [0.15, 0.2) is 84.0 Å². The maximum Gasteiger partial charge on any atom is 0.247 e. The standard InChI is InChI=1S/C27H27N5OS/c1-3-32(18-19-10-6-5-7-11-19)21-16-14-20(15-17-21)25-28-23-13-9-8-12-22(23)24-26(33-25)29-27(31-30-24)34-4-2/h5-17,25,28H,3-4,18H2,1-2H3. The summed E-state index contributed by atoms with van der Waals surface area (Å²) in [7, 11) is 0. The highest BCUT2D eigenvalue weighted by Crippen LogP contribution is 2.39. The Morgan fingerprint density at radius 2 is 1.68 bits per heavy atom. The second-order valence-electron chi connectivity index (χ2n) is 7.96. The van der Waals surface area contributed by atoms with Crippen LogP contribution in [0.4, 0.5) is 11.4 Å². The van der Waals surface area contributed by atoms with E-state index in [-0.39, 0.29) is 0 Å². The quantitative estimate of drug-likeness (QED) is 0.324. The van der Waals surface area contributed by atoms with E-state index in [1.165, 1.54) is 11.3 Å². The molecule has 1 unspecified atom stereocenters. The maximum atomic E-state index is 6.38. The maximum absolute atomic E-state index is 6.38. The average Bonchev–Trinajstić information content (AvgIpc) is 3.05. The number of anilines is 2. The Kier molecular flexibility index (Phi) is 6.62. The van der Waals surface area contributed by atoms with Gasteiger partial charge in [0, 0.05) is 35.6 Å². The summed E-state index contributed by atoms with van der Waals surface area (Å²) < 4.78 is 6.38. The zero-order valence-electron chi connectivity index (χ0n) is 19.3. The number of para-hydroxylation sites is 1. The predicted octanol–water partition coefficient (Wildman–Crippen LogP) is 6.18. The van der Waals surface area contributed by atoms with Gasteiger partial charge in [0.05, 0.1) is 0 Å². The molecule has 0 aliphatic carbocycles. The largest absolute Gasteiger partial charge is 0.448 e. The molecule has 0 saturated heterocycles. The van der Waals surface area contributed by atoms with Crippen molar-refractivity contribution in [2.45, 2.75) is 31.8 Å². The highest BCUT2D eigenvalue weighted by Gasteiger charge is 2.26. The first-order valence-electron chi connectivity index (χ1n) is 11.5. The summed E-state index contributed by atoms with van der Waals surface area (Å²) in [6, 6.07) is 27.1. The number of ether oxygens (including phenoxy) is 1. The summed E-state index contributed by atoms with van der Waals surface area (Å²) in [6.45, 7) is 6.04. The van der Waals surface area contributed by atoms with Crippen molar-refractivity contribution in [2.75, 3.05) is 22.5 Å². The number of hydrogen-bond donors (Lipinski definition) is 1. The zero-order chi connectivity index (χ0) is 23.3. The fourth-order valence-corrected chi connectivity index (χ4v) is 4.54. The van der Waals surface area contributed by atoms with Crippen molar-refractivity contribution in [3.8, 4) is 17.1 Å². The Bertz CT molecular complexity index is 1250. The second-order valence-corrected chi connectivity index (χ2v) is 9.19. The van der Waals surface area contributed by atoms with Crippen molar-refractivity contribution in [1.29, 1.82) is 0 Å². The Morgan fingerprint density at radius 1 is 0.912 bits per heavy atom. The zero-order valence-corrected chi connectivity index (χ0v) is 20.1. The van der Waals surface area contributed by atoms with Gasteiger partial charge >= 0.3 is 0 Å². The normalized spacial score (nSPS) is 14.2. The predicted molar refractivity (Wildman–Crippen MR) is 138 cm³/mol. The van der Waals surface area contributed by atoms with Crippen molar-refractivity contribution >= 4 is 23.1 Å².